The van der Waals surface area contributed by atoms with Crippen LogP contribution in [-0.2, 0) is 0 Å². The van der Waals surface area contributed by atoms with Gasteiger partial charge in [0.05, 0.1) is 6.17 Å². The molecule has 1 unspecified atom stereocenters. The van der Waals surface area contributed by atoms with Crippen LogP contribution in [0.15, 0.2) is 0 Å². The quantitative estimate of drug-likeness (QED) is 0.504. The molecule has 1 atom stereocenters. The highest BCUT2D eigenvalue weighted by molar-refractivity contribution is 6.25. The van der Waals surface area contributed by atoms with Crippen molar-refractivity contribution in [3.8, 4) is 0 Å². The molecule has 0 aliphatic carbocycles. The molecule has 0 aromatic rings. The predicted molar refractivity (Wildman–Crippen MR) is 23.3 cm³/mol. The third-order valence-electron chi connectivity index (χ3n) is 0.373. The monoisotopic (exact) mass is 106 g/mol. The highest BCUT2D eigenvalue weighted by atomic mass is 28.2. The van der Waals surface area contributed by atoms with Crippen molar-refractivity contribution >= 4 is 9.76 Å². The molecule has 0 bridgehead atoms. The van der Waals surface area contributed by atoms with Gasteiger partial charge in [-0.1, -0.05) is 0 Å². The molecule has 0 aliphatic rings. The number of hydrogen-bond donors (Lipinski definition) is 1. The van der Waals surface area contributed by atoms with E-state index in [1.165, 1.54) is 6.92 Å². The van der Waals surface area contributed by atoms with Crippen LogP contribution in [0.2, 0.25) is 6.04 Å². The number of hydrogen-bond acceptors (Lipinski definition) is 1. The van der Waals surface area contributed by atoms with Gasteiger partial charge in [0.1, 0.15) is 0 Å². The van der Waals surface area contributed by atoms with Gasteiger partial charge in [0, 0.05) is 0 Å². The zero-order valence-corrected chi connectivity index (χ0v) is 4.61. The Labute approximate surface area is 39.1 Å². The van der Waals surface area contributed by atoms with E-state index in [9.17, 15) is 4.39 Å². The van der Waals surface area contributed by atoms with Crippen LogP contribution in [-0.4, -0.2) is 20.7 Å². The largest absolute Gasteiger partial charge is 0.432 e. The van der Waals surface area contributed by atoms with E-state index < -0.39 is 6.17 Å². The first-order valence-corrected chi connectivity index (χ1v) is 2.94. The first-order chi connectivity index (χ1) is 2.77. The predicted octanol–water partition coefficient (Wildman–Crippen LogP) is 0.374. The van der Waals surface area contributed by atoms with E-state index in [1.54, 1.807) is 0 Å². The van der Waals surface area contributed by atoms with Crippen LogP contribution >= 0.6 is 0 Å². The van der Waals surface area contributed by atoms with Crippen LogP contribution in [0.5, 0.6) is 0 Å². The van der Waals surface area contributed by atoms with Gasteiger partial charge in [-0.05, 0) is 13.0 Å². The Bertz CT molecular complexity index is 32.0. The Balaban J connectivity index is 2.63. The first-order valence-electron chi connectivity index (χ1n) is 1.78. The second kappa shape index (κ2) is 3.30. The summed E-state index contributed by atoms with van der Waals surface area (Å²) in [5.41, 5.74) is 0. The Morgan fingerprint density at radius 2 is 2.50 bits per heavy atom. The molecule has 0 aromatic heterocycles. The summed E-state index contributed by atoms with van der Waals surface area (Å²) < 4.78 is 11.5. The average Bonchev–Trinajstić information content (AvgIpc) is 1.35. The summed E-state index contributed by atoms with van der Waals surface area (Å²) in [6.45, 7) is 1.43. The minimum Gasteiger partial charge on any atom is -0.432 e. The van der Waals surface area contributed by atoms with Gasteiger partial charge >= 0.3 is 0 Å². The summed E-state index contributed by atoms with van der Waals surface area (Å²) in [5.74, 6) is 0. The maximum Gasteiger partial charge on any atom is 0.227 e. The molecule has 1 nitrogen and oxygen atoms in total. The smallest absolute Gasteiger partial charge is 0.227 e. The number of rotatable bonds is 2. The summed E-state index contributed by atoms with van der Waals surface area (Å²) in [7, 11) is -0.237. The van der Waals surface area contributed by atoms with Crippen molar-refractivity contribution in [3.63, 3.8) is 0 Å². The maximum atomic E-state index is 11.5. The standard InChI is InChI=1S/C3H7FOSi/c1-3(4)2-6-5/h3,5H,2H2,1H3. The summed E-state index contributed by atoms with van der Waals surface area (Å²) in [6, 6.07) is 0.292. The summed E-state index contributed by atoms with van der Waals surface area (Å²) in [5, 5.41) is 0. The van der Waals surface area contributed by atoms with Crippen LogP contribution in [0, 0.1) is 0 Å². The van der Waals surface area contributed by atoms with E-state index >= 15 is 0 Å². The van der Waals surface area contributed by atoms with Crippen LogP contribution in [0.1, 0.15) is 6.92 Å². The van der Waals surface area contributed by atoms with E-state index in [2.05, 4.69) is 0 Å². The van der Waals surface area contributed by atoms with Crippen LogP contribution in [0.4, 0.5) is 4.39 Å². The van der Waals surface area contributed by atoms with E-state index in [0.29, 0.717) is 6.04 Å². The molecule has 0 spiro atoms. The highest BCUT2D eigenvalue weighted by Gasteiger charge is 1.93. The Hall–Kier alpha value is 0.107. The fourth-order valence-electron chi connectivity index (χ4n) is 0.126. The summed E-state index contributed by atoms with van der Waals surface area (Å²) in [6.07, 6.45) is -0.840. The molecular weight excluding hydrogens is 99.1 g/mol. The molecule has 0 amide bonds. The van der Waals surface area contributed by atoms with Crippen molar-refractivity contribution in [2.75, 3.05) is 0 Å². The van der Waals surface area contributed by atoms with Gasteiger partial charge in [0.2, 0.25) is 9.76 Å². The lowest BCUT2D eigenvalue weighted by Crippen LogP contribution is -1.96. The van der Waals surface area contributed by atoms with Crippen LogP contribution in [0.25, 0.3) is 0 Å². The van der Waals surface area contributed by atoms with Gasteiger partial charge in [0.15, 0.2) is 0 Å². The lowest BCUT2D eigenvalue weighted by Gasteiger charge is -1.89. The summed E-state index contributed by atoms with van der Waals surface area (Å²) in [4.78, 5) is 8.02. The number of alkyl halides is 1. The second-order valence-corrected chi connectivity index (χ2v) is 1.87. The molecule has 1 N–H and O–H groups in total. The fourth-order valence-corrected chi connectivity index (χ4v) is 0.377. The first kappa shape index (κ1) is 6.11. The molecule has 0 fully saturated rings. The third-order valence-corrected chi connectivity index (χ3v) is 1.12. The van der Waals surface area contributed by atoms with Gasteiger partial charge in [-0.3, -0.25) is 0 Å². The molecule has 6 heavy (non-hydrogen) atoms. The maximum absolute atomic E-state index is 11.5. The van der Waals surface area contributed by atoms with E-state index in [4.69, 9.17) is 4.80 Å². The van der Waals surface area contributed by atoms with Crippen molar-refractivity contribution in [2.24, 2.45) is 0 Å². The molecular formula is C3H7FOSi. The second-order valence-electron chi connectivity index (χ2n) is 1.14. The molecule has 0 rings (SSSR count). The third kappa shape index (κ3) is 4.11. The van der Waals surface area contributed by atoms with Crippen LogP contribution in [0.3, 0.4) is 0 Å². The normalized spacial score (nSPS) is 14.5. The number of halogens is 1. The average molecular weight is 106 g/mol. The van der Waals surface area contributed by atoms with E-state index in [-0.39, 0.29) is 9.76 Å². The minimum absolute atomic E-state index is 0.237. The highest BCUT2D eigenvalue weighted by Crippen LogP contribution is 1.91. The Morgan fingerprint density at radius 3 is 2.50 bits per heavy atom. The van der Waals surface area contributed by atoms with Crippen molar-refractivity contribution in [1.82, 2.24) is 0 Å². The molecule has 36 valence electrons. The van der Waals surface area contributed by atoms with Crippen molar-refractivity contribution in [2.45, 2.75) is 19.1 Å². The molecule has 0 saturated carbocycles. The zero-order valence-electron chi connectivity index (χ0n) is 3.61. The molecule has 0 aromatic carbocycles. The Morgan fingerprint density at radius 1 is 2.00 bits per heavy atom. The lowest BCUT2D eigenvalue weighted by atomic mass is 10.5. The Kier molecular flexibility index (Phi) is 3.36. The zero-order chi connectivity index (χ0) is 4.99. The SMILES string of the molecule is CC(F)C[Si]O. The van der Waals surface area contributed by atoms with Gasteiger partial charge in [-0.15, -0.1) is 0 Å². The minimum atomic E-state index is -0.840. The molecule has 0 aliphatic heterocycles. The topological polar surface area (TPSA) is 20.2 Å². The summed E-state index contributed by atoms with van der Waals surface area (Å²) >= 11 is 0. The fraction of sp³-hybridized carbons (Fsp3) is 1.00. The van der Waals surface area contributed by atoms with Gasteiger partial charge < -0.3 is 4.80 Å². The van der Waals surface area contributed by atoms with Crippen LogP contribution < -0.4 is 0 Å². The van der Waals surface area contributed by atoms with Crippen molar-refractivity contribution in [3.05, 3.63) is 0 Å². The van der Waals surface area contributed by atoms with E-state index in [1.807, 2.05) is 0 Å². The molecule has 3 heteroatoms. The van der Waals surface area contributed by atoms with Gasteiger partial charge in [-0.2, -0.15) is 0 Å². The van der Waals surface area contributed by atoms with Gasteiger partial charge in [0.25, 0.3) is 0 Å². The van der Waals surface area contributed by atoms with Crippen molar-refractivity contribution in [1.29, 1.82) is 0 Å². The van der Waals surface area contributed by atoms with E-state index in [0.717, 1.165) is 0 Å². The lowest BCUT2D eigenvalue weighted by molar-refractivity contribution is 0.382. The molecule has 0 heterocycles. The molecule has 2 radical (unpaired) electrons. The van der Waals surface area contributed by atoms with Gasteiger partial charge in [-0.25, -0.2) is 4.39 Å². The molecule has 0 saturated heterocycles. The van der Waals surface area contributed by atoms with Crippen molar-refractivity contribution < 1.29 is 9.19 Å².